The minimum absolute atomic E-state index is 0.312. The van der Waals surface area contributed by atoms with Crippen LogP contribution in [0.1, 0.15) is 51.0 Å². The van der Waals surface area contributed by atoms with Crippen LogP contribution in [0.2, 0.25) is 0 Å². The van der Waals surface area contributed by atoms with Crippen molar-refractivity contribution in [2.45, 2.75) is 52.0 Å². The van der Waals surface area contributed by atoms with Crippen molar-refractivity contribution in [1.29, 1.82) is 0 Å². The average molecular weight is 375 g/mol. The van der Waals surface area contributed by atoms with Crippen LogP contribution in [0.5, 0.6) is 11.5 Å². The van der Waals surface area contributed by atoms with Crippen molar-refractivity contribution >= 4 is 5.91 Å². The van der Waals surface area contributed by atoms with E-state index in [-0.39, 0.29) is 0 Å². The number of ether oxygens (including phenoxy) is 2. The van der Waals surface area contributed by atoms with Crippen molar-refractivity contribution in [3.05, 3.63) is 23.8 Å². The Bertz CT molecular complexity index is 638. The molecule has 0 bridgehead atoms. The second-order valence-corrected chi connectivity index (χ2v) is 8.18. The van der Waals surface area contributed by atoms with Crippen LogP contribution < -0.4 is 9.47 Å². The van der Waals surface area contributed by atoms with Gasteiger partial charge in [0.15, 0.2) is 11.5 Å². The Morgan fingerprint density at radius 3 is 2.52 bits per heavy atom. The van der Waals surface area contributed by atoms with E-state index in [1.54, 1.807) is 7.11 Å². The molecule has 2 aliphatic rings. The summed E-state index contributed by atoms with van der Waals surface area (Å²) in [5.41, 5.74) is 1.63. The maximum atomic E-state index is 12.0. The van der Waals surface area contributed by atoms with E-state index in [0.717, 1.165) is 56.9 Å². The van der Waals surface area contributed by atoms with E-state index in [2.05, 4.69) is 24.0 Å². The lowest BCUT2D eigenvalue weighted by molar-refractivity contribution is -0.129. The maximum absolute atomic E-state index is 12.0. The largest absolute Gasteiger partial charge is 0.493 e. The number of piperidine rings is 1. The van der Waals surface area contributed by atoms with E-state index >= 15 is 0 Å². The Balaban J connectivity index is 1.56. The summed E-state index contributed by atoms with van der Waals surface area (Å²) in [6, 6.07) is 6.29. The number of carbonyl (C=O) groups is 1. The zero-order valence-corrected chi connectivity index (χ0v) is 17.1. The van der Waals surface area contributed by atoms with Gasteiger partial charge in [-0.25, -0.2) is 0 Å². The highest BCUT2D eigenvalue weighted by Gasteiger charge is 2.37. The molecule has 3 rings (SSSR count). The van der Waals surface area contributed by atoms with Gasteiger partial charge in [-0.3, -0.25) is 9.69 Å². The zero-order valence-electron chi connectivity index (χ0n) is 17.1. The summed E-state index contributed by atoms with van der Waals surface area (Å²) in [4.78, 5) is 16.4. The van der Waals surface area contributed by atoms with Gasteiger partial charge >= 0.3 is 0 Å². The summed E-state index contributed by atoms with van der Waals surface area (Å²) < 4.78 is 11.3. The van der Waals surface area contributed by atoms with Gasteiger partial charge in [-0.1, -0.05) is 13.0 Å². The molecule has 0 unspecified atom stereocenters. The molecule has 2 heterocycles. The number of hydrogen-bond acceptors (Lipinski definition) is 4. The van der Waals surface area contributed by atoms with Gasteiger partial charge in [0.1, 0.15) is 0 Å². The van der Waals surface area contributed by atoms with E-state index in [4.69, 9.17) is 9.47 Å². The summed E-state index contributed by atoms with van der Waals surface area (Å²) >= 11 is 0. The summed E-state index contributed by atoms with van der Waals surface area (Å²) in [6.07, 6.45) is 6.31. The molecule has 0 N–H and O–H groups in total. The highest BCUT2D eigenvalue weighted by molar-refractivity contribution is 5.76. The highest BCUT2D eigenvalue weighted by Crippen LogP contribution is 2.41. The molecule has 1 aromatic rings. The normalized spacial score (nSPS) is 20.6. The third-order valence-electron chi connectivity index (χ3n) is 6.29. The molecule has 0 radical (unpaired) electrons. The first-order valence-electron chi connectivity index (χ1n) is 10.3. The quantitative estimate of drug-likeness (QED) is 0.761. The van der Waals surface area contributed by atoms with Crippen LogP contribution in [0, 0.1) is 5.41 Å². The predicted molar refractivity (Wildman–Crippen MR) is 107 cm³/mol. The van der Waals surface area contributed by atoms with Crippen LogP contribution >= 0.6 is 0 Å². The van der Waals surface area contributed by atoms with Gasteiger partial charge in [-0.05, 0) is 68.3 Å². The molecule has 150 valence electrons. The van der Waals surface area contributed by atoms with Crippen LogP contribution in [-0.4, -0.2) is 56.1 Å². The summed E-state index contributed by atoms with van der Waals surface area (Å²) in [5.74, 6) is 1.96. The summed E-state index contributed by atoms with van der Waals surface area (Å²) in [5, 5.41) is 0. The molecule has 0 saturated carbocycles. The van der Waals surface area contributed by atoms with Crippen molar-refractivity contribution < 1.29 is 14.3 Å². The Kier molecular flexibility index (Phi) is 6.64. The lowest BCUT2D eigenvalue weighted by Crippen LogP contribution is -2.40. The van der Waals surface area contributed by atoms with Gasteiger partial charge in [-0.2, -0.15) is 0 Å². The number of likely N-dealkylation sites (tertiary alicyclic amines) is 2. The third kappa shape index (κ3) is 4.95. The number of benzene rings is 1. The lowest BCUT2D eigenvalue weighted by Gasteiger charge is -2.41. The molecule has 5 heteroatoms. The molecular weight excluding hydrogens is 340 g/mol. The fourth-order valence-electron chi connectivity index (χ4n) is 4.30. The second-order valence-electron chi connectivity index (χ2n) is 8.18. The molecule has 1 amide bonds. The van der Waals surface area contributed by atoms with Gasteiger partial charge in [0.2, 0.25) is 5.91 Å². The lowest BCUT2D eigenvalue weighted by atomic mass is 9.73. The molecule has 0 aliphatic carbocycles. The van der Waals surface area contributed by atoms with Gasteiger partial charge in [0.25, 0.3) is 0 Å². The standard InChI is InChI=1S/C22H34N2O3/c1-4-15-27-19-6-5-18(16-20(19)26-3)17-24-13-10-22(11-14-24)8-7-21(25)23(2)12-9-22/h5-6,16H,4,7-15,17H2,1-3H3. The zero-order chi connectivity index (χ0) is 19.3. The first kappa shape index (κ1) is 20.0. The van der Waals surface area contributed by atoms with Gasteiger partial charge < -0.3 is 14.4 Å². The number of rotatable bonds is 6. The molecule has 1 aromatic carbocycles. The SMILES string of the molecule is CCCOc1ccc(CN2CCC3(CCC(=O)N(C)CC3)CC2)cc1OC. The molecule has 2 fully saturated rings. The van der Waals surface area contributed by atoms with Crippen LogP contribution in [0.3, 0.4) is 0 Å². The number of nitrogens with zero attached hydrogens (tertiary/aromatic N) is 2. The third-order valence-corrected chi connectivity index (χ3v) is 6.29. The fourth-order valence-corrected chi connectivity index (χ4v) is 4.30. The van der Waals surface area contributed by atoms with Gasteiger partial charge in [0.05, 0.1) is 13.7 Å². The molecule has 5 nitrogen and oxygen atoms in total. The fraction of sp³-hybridized carbons (Fsp3) is 0.682. The first-order valence-corrected chi connectivity index (χ1v) is 10.3. The van der Waals surface area contributed by atoms with Crippen LogP contribution in [0.4, 0.5) is 0 Å². The van der Waals surface area contributed by atoms with E-state index in [1.807, 2.05) is 18.0 Å². The van der Waals surface area contributed by atoms with Gasteiger partial charge in [-0.15, -0.1) is 0 Å². The van der Waals surface area contributed by atoms with E-state index in [0.29, 0.717) is 24.3 Å². The van der Waals surface area contributed by atoms with E-state index in [1.165, 1.54) is 18.4 Å². The Hall–Kier alpha value is -1.75. The van der Waals surface area contributed by atoms with Crippen molar-refractivity contribution in [2.24, 2.45) is 5.41 Å². The predicted octanol–water partition coefficient (Wildman–Crippen LogP) is 3.71. The van der Waals surface area contributed by atoms with Gasteiger partial charge in [0, 0.05) is 26.6 Å². The second kappa shape index (κ2) is 8.96. The molecule has 2 aliphatic heterocycles. The first-order chi connectivity index (χ1) is 13.0. The molecule has 27 heavy (non-hydrogen) atoms. The molecular formula is C22H34N2O3. The molecule has 2 saturated heterocycles. The summed E-state index contributed by atoms with van der Waals surface area (Å²) in [7, 11) is 3.64. The van der Waals surface area contributed by atoms with Crippen molar-refractivity contribution in [3.8, 4) is 11.5 Å². The Morgan fingerprint density at radius 2 is 1.81 bits per heavy atom. The van der Waals surface area contributed by atoms with Crippen molar-refractivity contribution in [3.63, 3.8) is 0 Å². The number of hydrogen-bond donors (Lipinski definition) is 0. The summed E-state index contributed by atoms with van der Waals surface area (Å²) in [6.45, 7) is 6.88. The Labute approximate surface area is 163 Å². The average Bonchev–Trinajstić information content (AvgIpc) is 2.83. The smallest absolute Gasteiger partial charge is 0.222 e. The topological polar surface area (TPSA) is 42.0 Å². The monoisotopic (exact) mass is 374 g/mol. The van der Waals surface area contributed by atoms with Crippen LogP contribution in [-0.2, 0) is 11.3 Å². The van der Waals surface area contributed by atoms with Crippen molar-refractivity contribution in [1.82, 2.24) is 9.80 Å². The minimum atomic E-state index is 0.312. The van der Waals surface area contributed by atoms with Crippen molar-refractivity contribution in [2.75, 3.05) is 40.4 Å². The number of amides is 1. The van der Waals surface area contributed by atoms with Crippen LogP contribution in [0.15, 0.2) is 18.2 Å². The van der Waals surface area contributed by atoms with E-state index < -0.39 is 0 Å². The molecule has 0 aromatic heterocycles. The van der Waals surface area contributed by atoms with E-state index in [9.17, 15) is 4.79 Å². The molecule has 0 atom stereocenters. The minimum Gasteiger partial charge on any atom is -0.493 e. The molecule has 1 spiro atoms. The highest BCUT2D eigenvalue weighted by atomic mass is 16.5. The number of carbonyl (C=O) groups excluding carboxylic acids is 1. The Morgan fingerprint density at radius 1 is 1.07 bits per heavy atom. The number of methoxy groups -OCH3 is 1. The van der Waals surface area contributed by atoms with Crippen LogP contribution in [0.25, 0.3) is 0 Å². The maximum Gasteiger partial charge on any atom is 0.222 e.